The molecule has 0 unspecified atom stereocenters. The van der Waals surface area contributed by atoms with Crippen LogP contribution in [0.3, 0.4) is 0 Å². The third-order valence-corrected chi connectivity index (χ3v) is 2.58. The summed E-state index contributed by atoms with van der Waals surface area (Å²) < 4.78 is 43.9. The monoisotopic (exact) mass is 270 g/mol. The second-order valence-corrected chi connectivity index (χ2v) is 3.94. The molecule has 2 rings (SSSR count). The lowest BCUT2D eigenvalue weighted by atomic mass is 10.1. The summed E-state index contributed by atoms with van der Waals surface area (Å²) >= 11 is 0. The summed E-state index contributed by atoms with van der Waals surface area (Å²) in [5, 5.41) is 3.00. The molecule has 1 heterocycles. The number of alkyl halides is 3. The molecule has 0 atom stereocenters. The van der Waals surface area contributed by atoms with Crippen molar-refractivity contribution in [2.75, 3.05) is 6.54 Å². The maximum Gasteiger partial charge on any atom is 0.417 e. The molecule has 0 aliphatic carbocycles. The van der Waals surface area contributed by atoms with Crippen LogP contribution in [0.5, 0.6) is 0 Å². The highest BCUT2D eigenvalue weighted by atomic mass is 19.4. The lowest BCUT2D eigenvalue weighted by molar-refractivity contribution is -0.137. The average Bonchev–Trinajstić information content (AvgIpc) is 2.84. The molecule has 0 spiro atoms. The van der Waals surface area contributed by atoms with Gasteiger partial charge in [-0.05, 0) is 12.6 Å². The molecule has 0 radical (unpaired) electrons. The molecule has 19 heavy (non-hydrogen) atoms. The van der Waals surface area contributed by atoms with Crippen LogP contribution < -0.4 is 5.32 Å². The fraction of sp³-hybridized carbons (Fsp3) is 0.308. The normalized spacial score (nSPS) is 11.8. The Kier molecular flexibility index (Phi) is 3.90. The number of rotatable bonds is 4. The molecule has 102 valence electrons. The highest BCUT2D eigenvalue weighted by Gasteiger charge is 2.34. The molecule has 1 aromatic heterocycles. The summed E-state index contributed by atoms with van der Waals surface area (Å²) in [4.78, 5) is 3.96. The largest absolute Gasteiger partial charge is 0.439 e. The second-order valence-electron chi connectivity index (χ2n) is 3.94. The number of nitrogens with one attached hydrogen (secondary N) is 1. The van der Waals surface area contributed by atoms with Crippen LogP contribution in [0.25, 0.3) is 11.3 Å². The first-order valence-electron chi connectivity index (χ1n) is 5.84. The van der Waals surface area contributed by atoms with Gasteiger partial charge in [-0.2, -0.15) is 13.2 Å². The van der Waals surface area contributed by atoms with Crippen LogP contribution in [0.2, 0.25) is 0 Å². The van der Waals surface area contributed by atoms with E-state index >= 15 is 0 Å². The van der Waals surface area contributed by atoms with Gasteiger partial charge < -0.3 is 9.73 Å². The van der Waals surface area contributed by atoms with Crippen molar-refractivity contribution < 1.29 is 17.6 Å². The summed E-state index contributed by atoms with van der Waals surface area (Å²) in [5.41, 5.74) is -0.716. The minimum Gasteiger partial charge on any atom is -0.439 e. The minimum atomic E-state index is -4.41. The molecule has 3 nitrogen and oxygen atoms in total. The summed E-state index contributed by atoms with van der Waals surface area (Å²) in [6.45, 7) is 3.05. The first-order chi connectivity index (χ1) is 9.02. The fourth-order valence-electron chi connectivity index (χ4n) is 1.69. The van der Waals surface area contributed by atoms with Gasteiger partial charge in [0.05, 0.1) is 18.3 Å². The van der Waals surface area contributed by atoms with Gasteiger partial charge in [0.25, 0.3) is 0 Å². The summed E-state index contributed by atoms with van der Waals surface area (Å²) in [6.07, 6.45) is -3.09. The van der Waals surface area contributed by atoms with Crippen LogP contribution in [0.4, 0.5) is 13.2 Å². The van der Waals surface area contributed by atoms with Gasteiger partial charge >= 0.3 is 6.18 Å². The quantitative estimate of drug-likeness (QED) is 0.924. The van der Waals surface area contributed by atoms with Gasteiger partial charge in [0, 0.05) is 5.56 Å². The third kappa shape index (κ3) is 3.14. The van der Waals surface area contributed by atoms with Crippen LogP contribution in [0.1, 0.15) is 18.4 Å². The highest BCUT2D eigenvalue weighted by molar-refractivity contribution is 5.62. The van der Waals surface area contributed by atoms with Crippen molar-refractivity contribution in [3.05, 3.63) is 41.9 Å². The lowest BCUT2D eigenvalue weighted by Crippen LogP contribution is -2.11. The molecule has 1 N–H and O–H groups in total. The fourth-order valence-corrected chi connectivity index (χ4v) is 1.69. The van der Waals surface area contributed by atoms with Crippen LogP contribution in [0, 0.1) is 0 Å². The second kappa shape index (κ2) is 5.44. The zero-order chi connectivity index (χ0) is 13.9. The first kappa shape index (κ1) is 13.6. The van der Waals surface area contributed by atoms with Gasteiger partial charge in [-0.25, -0.2) is 4.98 Å². The number of hydrogen-bond donors (Lipinski definition) is 1. The zero-order valence-electron chi connectivity index (χ0n) is 10.3. The van der Waals surface area contributed by atoms with E-state index in [4.69, 9.17) is 4.42 Å². The summed E-state index contributed by atoms with van der Waals surface area (Å²) in [7, 11) is 0. The standard InChI is InChI=1S/C13H13F3N2O/c1-2-17-8-12-18-7-11(19-12)9-5-3-4-6-10(9)13(14,15)16/h3-7,17H,2,8H2,1H3. The summed E-state index contributed by atoms with van der Waals surface area (Å²) in [5.74, 6) is 0.495. The van der Waals surface area contributed by atoms with Gasteiger partial charge in [-0.1, -0.05) is 25.1 Å². The van der Waals surface area contributed by atoms with E-state index in [1.165, 1.54) is 24.4 Å². The van der Waals surface area contributed by atoms with E-state index in [1.54, 1.807) is 0 Å². The molecule has 0 aliphatic rings. The maximum atomic E-state index is 12.9. The van der Waals surface area contributed by atoms with Crippen LogP contribution in [-0.2, 0) is 12.7 Å². The van der Waals surface area contributed by atoms with Gasteiger partial charge in [0.1, 0.15) is 0 Å². The smallest absolute Gasteiger partial charge is 0.417 e. The highest BCUT2D eigenvalue weighted by Crippen LogP contribution is 2.36. The Morgan fingerprint density at radius 1 is 1.26 bits per heavy atom. The Balaban J connectivity index is 2.34. The molecule has 1 aromatic carbocycles. The Morgan fingerprint density at radius 3 is 2.68 bits per heavy atom. The first-order valence-corrected chi connectivity index (χ1v) is 5.84. The average molecular weight is 270 g/mol. The SMILES string of the molecule is CCNCc1ncc(-c2ccccc2C(F)(F)F)o1. The molecule has 0 aliphatic heterocycles. The minimum absolute atomic E-state index is 0.00486. The van der Waals surface area contributed by atoms with Crippen LogP contribution in [0.15, 0.2) is 34.9 Å². The van der Waals surface area contributed by atoms with Gasteiger partial charge in [-0.15, -0.1) is 0 Å². The zero-order valence-corrected chi connectivity index (χ0v) is 10.3. The predicted molar refractivity (Wildman–Crippen MR) is 64.3 cm³/mol. The Hall–Kier alpha value is -1.82. The number of hydrogen-bond acceptors (Lipinski definition) is 3. The number of aromatic nitrogens is 1. The summed E-state index contributed by atoms with van der Waals surface area (Å²) in [6, 6.07) is 5.29. The number of oxazole rings is 1. The molecule has 2 aromatic rings. The Labute approximate surface area is 108 Å². The molecular weight excluding hydrogens is 257 g/mol. The topological polar surface area (TPSA) is 38.1 Å². The van der Waals surface area contributed by atoms with E-state index in [-0.39, 0.29) is 11.3 Å². The van der Waals surface area contributed by atoms with Crippen molar-refractivity contribution in [1.82, 2.24) is 10.3 Å². The molecule has 0 amide bonds. The van der Waals surface area contributed by atoms with Crippen LogP contribution in [-0.4, -0.2) is 11.5 Å². The molecule has 0 saturated heterocycles. The molecule has 6 heteroatoms. The van der Waals surface area contributed by atoms with Gasteiger partial charge in [-0.3, -0.25) is 0 Å². The Morgan fingerprint density at radius 2 is 2.00 bits per heavy atom. The number of benzene rings is 1. The van der Waals surface area contributed by atoms with E-state index in [1.807, 2.05) is 6.92 Å². The third-order valence-electron chi connectivity index (χ3n) is 2.58. The molecule has 0 fully saturated rings. The van der Waals surface area contributed by atoms with E-state index in [0.717, 1.165) is 12.6 Å². The Bertz CT molecular complexity index is 549. The molecule has 0 saturated carbocycles. The van der Waals surface area contributed by atoms with E-state index in [0.29, 0.717) is 12.4 Å². The molecular formula is C13H13F3N2O. The van der Waals surface area contributed by atoms with Crippen molar-refractivity contribution in [2.45, 2.75) is 19.6 Å². The van der Waals surface area contributed by atoms with Crippen molar-refractivity contribution >= 4 is 0 Å². The van der Waals surface area contributed by atoms with Crippen molar-refractivity contribution in [3.63, 3.8) is 0 Å². The van der Waals surface area contributed by atoms with Crippen molar-refractivity contribution in [3.8, 4) is 11.3 Å². The van der Waals surface area contributed by atoms with Gasteiger partial charge in [0.2, 0.25) is 5.89 Å². The lowest BCUT2D eigenvalue weighted by Gasteiger charge is -2.10. The van der Waals surface area contributed by atoms with E-state index in [2.05, 4.69) is 10.3 Å². The van der Waals surface area contributed by atoms with Gasteiger partial charge in [0.15, 0.2) is 5.76 Å². The van der Waals surface area contributed by atoms with Crippen LogP contribution >= 0.6 is 0 Å². The van der Waals surface area contributed by atoms with E-state index in [9.17, 15) is 13.2 Å². The maximum absolute atomic E-state index is 12.9. The van der Waals surface area contributed by atoms with Crippen molar-refractivity contribution in [2.24, 2.45) is 0 Å². The van der Waals surface area contributed by atoms with Crippen molar-refractivity contribution in [1.29, 1.82) is 0 Å². The number of halogens is 3. The predicted octanol–water partition coefficient (Wildman–Crippen LogP) is 3.47. The van der Waals surface area contributed by atoms with E-state index < -0.39 is 11.7 Å². The molecule has 0 bridgehead atoms. The number of nitrogens with zero attached hydrogens (tertiary/aromatic N) is 1.